The first-order valence-corrected chi connectivity index (χ1v) is 8.92. The monoisotopic (exact) mass is 426 g/mol. The Bertz CT molecular complexity index is 998. The number of benzene rings is 2. The molecule has 0 atom stereocenters. The molecule has 0 amide bonds. The van der Waals surface area contributed by atoms with Crippen molar-refractivity contribution in [1.82, 2.24) is 9.97 Å². The minimum Gasteiger partial charge on any atom is -0.487 e. The Balaban J connectivity index is 1.79. The van der Waals surface area contributed by atoms with Gasteiger partial charge in [-0.05, 0) is 42.3 Å². The van der Waals surface area contributed by atoms with Crippen LogP contribution in [0.1, 0.15) is 18.1 Å². The third kappa shape index (κ3) is 5.14. The van der Waals surface area contributed by atoms with Crippen LogP contribution in [0.2, 0.25) is 5.02 Å². The van der Waals surface area contributed by atoms with Gasteiger partial charge >= 0.3 is 6.36 Å². The molecule has 0 unspecified atom stereocenters. The van der Waals surface area contributed by atoms with Crippen LogP contribution in [0.3, 0.4) is 0 Å². The summed E-state index contributed by atoms with van der Waals surface area (Å²) in [6.45, 7) is 1.69. The minimum atomic E-state index is -4.89. The fourth-order valence-corrected chi connectivity index (χ4v) is 3.06. The first-order valence-electron chi connectivity index (χ1n) is 8.54. The lowest BCUT2D eigenvalue weighted by Gasteiger charge is -2.15. The van der Waals surface area contributed by atoms with Gasteiger partial charge in [-0.15, -0.1) is 13.2 Å². The topological polar surface area (TPSA) is 44.2 Å². The molecule has 0 aliphatic carbocycles. The Kier molecular flexibility index (Phi) is 6.22. The number of hydrogen-bond donors (Lipinski definition) is 0. The van der Waals surface area contributed by atoms with Crippen LogP contribution in [-0.4, -0.2) is 16.3 Å². The van der Waals surface area contributed by atoms with E-state index < -0.39 is 17.9 Å². The van der Waals surface area contributed by atoms with Crippen molar-refractivity contribution < 1.29 is 27.0 Å². The van der Waals surface area contributed by atoms with E-state index in [-0.39, 0.29) is 12.2 Å². The average Bonchev–Trinajstić information content (AvgIpc) is 2.67. The van der Waals surface area contributed by atoms with E-state index in [9.17, 15) is 17.6 Å². The molecule has 0 radical (unpaired) electrons. The maximum atomic E-state index is 14.1. The van der Waals surface area contributed by atoms with Crippen molar-refractivity contribution in [3.05, 3.63) is 70.8 Å². The molecule has 0 bridgehead atoms. The van der Waals surface area contributed by atoms with Crippen molar-refractivity contribution >= 4 is 11.6 Å². The number of halogens is 5. The maximum absolute atomic E-state index is 14.1. The van der Waals surface area contributed by atoms with Gasteiger partial charge in [0.1, 0.15) is 23.9 Å². The number of alkyl halides is 3. The Morgan fingerprint density at radius 1 is 1.07 bits per heavy atom. The SMILES string of the molecule is CCc1c(-c2ncccn2)ccc(OCc2ccc(OC(F)(F)F)cc2F)c1Cl. The van der Waals surface area contributed by atoms with Crippen LogP contribution in [0.4, 0.5) is 17.6 Å². The number of rotatable bonds is 6. The zero-order valence-electron chi connectivity index (χ0n) is 15.1. The van der Waals surface area contributed by atoms with E-state index in [1.54, 1.807) is 30.6 Å². The molecule has 0 aliphatic heterocycles. The molecule has 2 aromatic carbocycles. The molecule has 0 spiro atoms. The number of aromatic nitrogens is 2. The van der Waals surface area contributed by atoms with Crippen molar-refractivity contribution in [3.63, 3.8) is 0 Å². The van der Waals surface area contributed by atoms with Gasteiger partial charge in [0.2, 0.25) is 0 Å². The Hall–Kier alpha value is -2.87. The molecule has 29 heavy (non-hydrogen) atoms. The van der Waals surface area contributed by atoms with E-state index in [4.69, 9.17) is 16.3 Å². The first kappa shape index (κ1) is 20.9. The smallest absolute Gasteiger partial charge is 0.487 e. The highest BCUT2D eigenvalue weighted by molar-refractivity contribution is 6.33. The summed E-state index contributed by atoms with van der Waals surface area (Å²) in [4.78, 5) is 8.43. The molecule has 0 saturated heterocycles. The van der Waals surface area contributed by atoms with Crippen molar-refractivity contribution in [3.8, 4) is 22.9 Å². The summed E-state index contributed by atoms with van der Waals surface area (Å²) in [6, 6.07) is 7.91. The highest BCUT2D eigenvalue weighted by Gasteiger charge is 2.31. The zero-order chi connectivity index (χ0) is 21.0. The summed E-state index contributed by atoms with van der Waals surface area (Å²) in [6.07, 6.45) is -1.07. The molecule has 0 aliphatic rings. The predicted octanol–water partition coefficient (Wildman–Crippen LogP) is 5.98. The molecule has 152 valence electrons. The summed E-state index contributed by atoms with van der Waals surface area (Å²) in [5.41, 5.74) is 1.58. The van der Waals surface area contributed by atoms with Crippen molar-refractivity contribution in [1.29, 1.82) is 0 Å². The predicted molar refractivity (Wildman–Crippen MR) is 99.3 cm³/mol. The van der Waals surface area contributed by atoms with Gasteiger partial charge < -0.3 is 9.47 Å². The first-order chi connectivity index (χ1) is 13.8. The number of ether oxygens (including phenoxy) is 2. The zero-order valence-corrected chi connectivity index (χ0v) is 15.9. The van der Waals surface area contributed by atoms with Crippen LogP contribution in [0, 0.1) is 5.82 Å². The van der Waals surface area contributed by atoms with E-state index in [0.29, 0.717) is 29.1 Å². The molecule has 4 nitrogen and oxygen atoms in total. The third-order valence-electron chi connectivity index (χ3n) is 4.01. The van der Waals surface area contributed by atoms with Gasteiger partial charge in [-0.3, -0.25) is 0 Å². The molecule has 0 N–H and O–H groups in total. The Morgan fingerprint density at radius 3 is 2.41 bits per heavy atom. The van der Waals surface area contributed by atoms with Crippen molar-refractivity contribution in [2.75, 3.05) is 0 Å². The molecule has 3 aromatic rings. The fourth-order valence-electron chi connectivity index (χ4n) is 2.70. The van der Waals surface area contributed by atoms with Crippen molar-refractivity contribution in [2.45, 2.75) is 26.3 Å². The maximum Gasteiger partial charge on any atom is 0.573 e. The van der Waals surface area contributed by atoms with Gasteiger partial charge in [-0.25, -0.2) is 14.4 Å². The highest BCUT2D eigenvalue weighted by atomic mass is 35.5. The van der Waals surface area contributed by atoms with Crippen LogP contribution >= 0.6 is 11.6 Å². The van der Waals surface area contributed by atoms with Crippen LogP contribution in [0.15, 0.2) is 48.8 Å². The molecular weight excluding hydrogens is 412 g/mol. The Morgan fingerprint density at radius 2 is 1.79 bits per heavy atom. The summed E-state index contributed by atoms with van der Waals surface area (Å²) in [5.74, 6) is -0.688. The lowest BCUT2D eigenvalue weighted by atomic mass is 10.0. The standard InChI is InChI=1S/C20H15ClF4N2O2/c1-2-14-15(19-26-8-3-9-27-19)6-7-17(18(14)21)28-11-12-4-5-13(10-16(12)22)29-20(23,24)25/h3-10H,2,11H2,1H3. The van der Waals surface area contributed by atoms with Crippen LogP contribution < -0.4 is 9.47 Å². The van der Waals surface area contributed by atoms with E-state index >= 15 is 0 Å². The molecule has 3 rings (SSSR count). The van der Waals surface area contributed by atoms with E-state index in [0.717, 1.165) is 23.3 Å². The van der Waals surface area contributed by atoms with Crippen LogP contribution in [0.25, 0.3) is 11.4 Å². The molecule has 9 heteroatoms. The summed E-state index contributed by atoms with van der Waals surface area (Å²) >= 11 is 6.45. The van der Waals surface area contributed by atoms with Gasteiger partial charge in [-0.2, -0.15) is 0 Å². The molecule has 0 fully saturated rings. The molecular formula is C20H15ClF4N2O2. The lowest BCUT2D eigenvalue weighted by Crippen LogP contribution is -2.17. The van der Waals surface area contributed by atoms with E-state index in [1.165, 1.54) is 0 Å². The Labute approximate surface area is 169 Å². The fraction of sp³-hybridized carbons (Fsp3) is 0.200. The van der Waals surface area contributed by atoms with Gasteiger partial charge in [0, 0.05) is 29.6 Å². The summed E-state index contributed by atoms with van der Waals surface area (Å²) in [5, 5.41) is 0.342. The molecule has 1 aromatic heterocycles. The van der Waals surface area contributed by atoms with Crippen molar-refractivity contribution in [2.24, 2.45) is 0 Å². The number of nitrogens with zero attached hydrogens (tertiary/aromatic N) is 2. The highest BCUT2D eigenvalue weighted by Crippen LogP contribution is 2.35. The third-order valence-corrected chi connectivity index (χ3v) is 4.42. The second-order valence-corrected chi connectivity index (χ2v) is 6.30. The largest absolute Gasteiger partial charge is 0.573 e. The van der Waals surface area contributed by atoms with Crippen LogP contribution in [-0.2, 0) is 13.0 Å². The van der Waals surface area contributed by atoms with Gasteiger partial charge in [0.25, 0.3) is 0 Å². The quantitative estimate of drug-likeness (QED) is 0.455. The van der Waals surface area contributed by atoms with Gasteiger partial charge in [0.05, 0.1) is 5.02 Å². The average molecular weight is 427 g/mol. The normalized spacial score (nSPS) is 11.4. The number of hydrogen-bond acceptors (Lipinski definition) is 4. The van der Waals surface area contributed by atoms with E-state index in [2.05, 4.69) is 14.7 Å². The van der Waals surface area contributed by atoms with Crippen LogP contribution in [0.5, 0.6) is 11.5 Å². The summed E-state index contributed by atoms with van der Waals surface area (Å²) < 4.78 is 60.0. The lowest BCUT2D eigenvalue weighted by molar-refractivity contribution is -0.274. The second-order valence-electron chi connectivity index (χ2n) is 5.92. The molecule has 1 heterocycles. The van der Waals surface area contributed by atoms with E-state index in [1.807, 2.05) is 6.92 Å². The molecule has 0 saturated carbocycles. The minimum absolute atomic E-state index is 0.0594. The second kappa shape index (κ2) is 8.65. The summed E-state index contributed by atoms with van der Waals surface area (Å²) in [7, 11) is 0. The van der Waals surface area contributed by atoms with Gasteiger partial charge in [0.15, 0.2) is 5.82 Å². The van der Waals surface area contributed by atoms with Gasteiger partial charge in [-0.1, -0.05) is 18.5 Å².